The van der Waals surface area contributed by atoms with Crippen molar-refractivity contribution in [1.29, 1.82) is 0 Å². The average molecular weight is 257 g/mol. The predicted molar refractivity (Wildman–Crippen MR) is 69.1 cm³/mol. The van der Waals surface area contributed by atoms with Gasteiger partial charge in [0.25, 0.3) is 5.91 Å². The van der Waals surface area contributed by atoms with Crippen LogP contribution in [-0.4, -0.2) is 41.8 Å². The van der Waals surface area contributed by atoms with Gasteiger partial charge in [-0.1, -0.05) is 26.3 Å². The number of carboxylic acids is 1. The Morgan fingerprint density at radius 1 is 1.44 bits per heavy atom. The molecule has 5 nitrogen and oxygen atoms in total. The van der Waals surface area contributed by atoms with Gasteiger partial charge in [0, 0.05) is 18.7 Å². The highest BCUT2D eigenvalue weighted by Gasteiger charge is 2.25. The zero-order valence-corrected chi connectivity index (χ0v) is 11.4. The maximum absolute atomic E-state index is 12.0. The summed E-state index contributed by atoms with van der Waals surface area (Å²) in [6.07, 6.45) is 2.42. The summed E-state index contributed by atoms with van der Waals surface area (Å²) in [6.45, 7) is 7.34. The van der Waals surface area contributed by atoms with Crippen LogP contribution in [0.4, 0.5) is 0 Å². The molecule has 0 spiro atoms. The average Bonchev–Trinajstić information content (AvgIpc) is 2.30. The van der Waals surface area contributed by atoms with Crippen molar-refractivity contribution in [3.8, 4) is 0 Å². The Labute approximate surface area is 108 Å². The summed E-state index contributed by atoms with van der Waals surface area (Å²) in [5.74, 6) is -1.16. The first-order chi connectivity index (χ1) is 8.43. The van der Waals surface area contributed by atoms with Gasteiger partial charge in [0.1, 0.15) is 6.73 Å². The Hall–Kier alpha value is -1.36. The molecule has 5 heteroatoms. The number of amides is 1. The number of carbonyl (C=O) groups is 2. The molecule has 1 unspecified atom stereocenters. The van der Waals surface area contributed by atoms with Crippen LogP contribution < -0.4 is 0 Å². The second-order valence-corrected chi connectivity index (χ2v) is 4.37. The highest BCUT2D eigenvalue weighted by atomic mass is 16.5. The third-order valence-electron chi connectivity index (χ3n) is 2.64. The van der Waals surface area contributed by atoms with E-state index < -0.39 is 5.97 Å². The summed E-state index contributed by atoms with van der Waals surface area (Å²) in [5.41, 5.74) is 0.388. The molecule has 0 aliphatic carbocycles. The van der Waals surface area contributed by atoms with E-state index in [1.54, 1.807) is 6.92 Å². The number of carboxylic acid groups (broad SMARTS) is 1. The number of hydrogen-bond acceptors (Lipinski definition) is 3. The second-order valence-electron chi connectivity index (χ2n) is 4.37. The second kappa shape index (κ2) is 8.69. The van der Waals surface area contributed by atoms with E-state index in [1.165, 1.54) is 12.0 Å². The fourth-order valence-electron chi connectivity index (χ4n) is 1.72. The first-order valence-electron chi connectivity index (χ1n) is 6.11. The van der Waals surface area contributed by atoms with Gasteiger partial charge in [0.15, 0.2) is 0 Å². The van der Waals surface area contributed by atoms with Crippen molar-refractivity contribution in [1.82, 2.24) is 4.90 Å². The Balaban J connectivity index is 4.87. The molecule has 0 heterocycles. The summed E-state index contributed by atoms with van der Waals surface area (Å²) in [5, 5.41) is 8.92. The fraction of sp³-hybridized carbons (Fsp3) is 0.692. The van der Waals surface area contributed by atoms with Crippen LogP contribution >= 0.6 is 0 Å². The lowest BCUT2D eigenvalue weighted by Gasteiger charge is -2.30. The molecule has 104 valence electrons. The molecule has 1 amide bonds. The summed E-state index contributed by atoms with van der Waals surface area (Å²) >= 11 is 0. The minimum atomic E-state index is -0.910. The van der Waals surface area contributed by atoms with Gasteiger partial charge in [-0.3, -0.25) is 9.59 Å². The molecule has 0 aromatic heterocycles. The van der Waals surface area contributed by atoms with Gasteiger partial charge in [0.2, 0.25) is 0 Å². The van der Waals surface area contributed by atoms with Crippen LogP contribution in [0.3, 0.4) is 0 Å². The molecule has 0 radical (unpaired) electrons. The molecule has 0 aliphatic heterocycles. The third kappa shape index (κ3) is 5.82. The standard InChI is InChI=1S/C13H23NO4/c1-5-6-7-11(8-12(15)16)14(9-18-4)13(17)10(2)3/h11H,2,5-9H2,1,3-4H3,(H,15,16). The minimum absolute atomic E-state index is 0.0671. The SMILES string of the molecule is C=C(C)C(=O)N(COC)C(CCCC)CC(=O)O. The molecule has 0 saturated heterocycles. The molecule has 0 saturated carbocycles. The van der Waals surface area contributed by atoms with E-state index in [-0.39, 0.29) is 25.1 Å². The predicted octanol–water partition coefficient (Wildman–Crippen LogP) is 2.03. The number of methoxy groups -OCH3 is 1. The maximum atomic E-state index is 12.0. The van der Waals surface area contributed by atoms with Gasteiger partial charge in [-0.25, -0.2) is 0 Å². The largest absolute Gasteiger partial charge is 0.481 e. The molecule has 1 N–H and O–H groups in total. The van der Waals surface area contributed by atoms with Crippen molar-refractivity contribution in [2.45, 2.75) is 45.6 Å². The number of aliphatic carboxylic acids is 1. The highest BCUT2D eigenvalue weighted by Crippen LogP contribution is 2.15. The van der Waals surface area contributed by atoms with E-state index in [2.05, 4.69) is 6.58 Å². The van der Waals surface area contributed by atoms with Gasteiger partial charge in [-0.2, -0.15) is 0 Å². The van der Waals surface area contributed by atoms with Crippen LogP contribution in [0.2, 0.25) is 0 Å². The monoisotopic (exact) mass is 257 g/mol. The van der Waals surface area contributed by atoms with E-state index >= 15 is 0 Å². The molecule has 1 atom stereocenters. The molecule has 18 heavy (non-hydrogen) atoms. The van der Waals surface area contributed by atoms with Crippen LogP contribution in [0.15, 0.2) is 12.2 Å². The van der Waals surface area contributed by atoms with E-state index in [0.29, 0.717) is 12.0 Å². The molecule has 0 aliphatic rings. The maximum Gasteiger partial charge on any atom is 0.305 e. The van der Waals surface area contributed by atoms with Crippen LogP contribution in [0.5, 0.6) is 0 Å². The topological polar surface area (TPSA) is 66.8 Å². The smallest absolute Gasteiger partial charge is 0.305 e. The zero-order chi connectivity index (χ0) is 14.1. The normalized spacial score (nSPS) is 11.9. The van der Waals surface area contributed by atoms with E-state index in [9.17, 15) is 9.59 Å². The van der Waals surface area contributed by atoms with Crippen molar-refractivity contribution in [3.05, 3.63) is 12.2 Å². The summed E-state index contributed by atoms with van der Waals surface area (Å²) < 4.78 is 4.99. The van der Waals surface area contributed by atoms with Gasteiger partial charge >= 0.3 is 5.97 Å². The van der Waals surface area contributed by atoms with E-state index in [1.807, 2.05) is 6.92 Å². The molecule has 0 bridgehead atoms. The van der Waals surface area contributed by atoms with Crippen LogP contribution in [0, 0.1) is 0 Å². The van der Waals surface area contributed by atoms with Crippen molar-refractivity contribution in [2.24, 2.45) is 0 Å². The third-order valence-corrected chi connectivity index (χ3v) is 2.64. The van der Waals surface area contributed by atoms with Gasteiger partial charge in [-0.05, 0) is 13.3 Å². The molecular formula is C13H23NO4. The number of unbranched alkanes of at least 4 members (excludes halogenated alkanes) is 1. The first-order valence-corrected chi connectivity index (χ1v) is 6.11. The van der Waals surface area contributed by atoms with Crippen molar-refractivity contribution in [2.75, 3.05) is 13.8 Å². The lowest BCUT2D eigenvalue weighted by atomic mass is 10.0. The summed E-state index contributed by atoms with van der Waals surface area (Å²) in [6, 6.07) is -0.341. The van der Waals surface area contributed by atoms with E-state index in [0.717, 1.165) is 12.8 Å². The first kappa shape index (κ1) is 16.6. The number of carbonyl (C=O) groups excluding carboxylic acids is 1. The van der Waals surface area contributed by atoms with Crippen LogP contribution in [0.25, 0.3) is 0 Å². The molecule has 0 aromatic carbocycles. The summed E-state index contributed by atoms with van der Waals surface area (Å²) in [7, 11) is 1.48. The number of hydrogen-bond donors (Lipinski definition) is 1. The Morgan fingerprint density at radius 3 is 2.44 bits per heavy atom. The van der Waals surface area contributed by atoms with E-state index in [4.69, 9.17) is 9.84 Å². The molecular weight excluding hydrogens is 234 g/mol. The van der Waals surface area contributed by atoms with Gasteiger partial charge in [0.05, 0.1) is 6.42 Å². The Kier molecular flexibility index (Phi) is 8.03. The molecule has 0 fully saturated rings. The quantitative estimate of drug-likeness (QED) is 0.507. The number of nitrogens with zero attached hydrogens (tertiary/aromatic N) is 1. The van der Waals surface area contributed by atoms with Crippen molar-refractivity contribution in [3.63, 3.8) is 0 Å². The Bertz CT molecular complexity index is 301. The van der Waals surface area contributed by atoms with Gasteiger partial charge in [-0.15, -0.1) is 0 Å². The lowest BCUT2D eigenvalue weighted by Crippen LogP contribution is -2.43. The lowest BCUT2D eigenvalue weighted by molar-refractivity contribution is -0.142. The summed E-state index contributed by atoms with van der Waals surface area (Å²) in [4.78, 5) is 24.3. The van der Waals surface area contributed by atoms with Gasteiger partial charge < -0.3 is 14.7 Å². The minimum Gasteiger partial charge on any atom is -0.481 e. The molecule has 0 aromatic rings. The van der Waals surface area contributed by atoms with Crippen molar-refractivity contribution >= 4 is 11.9 Å². The number of rotatable bonds is 9. The zero-order valence-electron chi connectivity index (χ0n) is 11.4. The fourth-order valence-corrected chi connectivity index (χ4v) is 1.72. The highest BCUT2D eigenvalue weighted by molar-refractivity contribution is 5.92. The number of ether oxygens (including phenoxy) is 1. The van der Waals surface area contributed by atoms with Crippen LogP contribution in [-0.2, 0) is 14.3 Å². The van der Waals surface area contributed by atoms with Crippen molar-refractivity contribution < 1.29 is 19.4 Å². The Morgan fingerprint density at radius 2 is 2.06 bits per heavy atom. The molecule has 0 rings (SSSR count). The van der Waals surface area contributed by atoms with Crippen LogP contribution in [0.1, 0.15) is 39.5 Å².